The van der Waals surface area contributed by atoms with Crippen LogP contribution in [0.3, 0.4) is 0 Å². The van der Waals surface area contributed by atoms with Gasteiger partial charge in [-0.2, -0.15) is 0 Å². The van der Waals surface area contributed by atoms with Crippen LogP contribution in [0.15, 0.2) is 28.9 Å². The third kappa shape index (κ3) is 4.28. The highest BCUT2D eigenvalue weighted by Crippen LogP contribution is 2.14. The summed E-state index contributed by atoms with van der Waals surface area (Å²) in [7, 11) is 0. The van der Waals surface area contributed by atoms with Crippen LogP contribution in [0.25, 0.3) is 0 Å². The van der Waals surface area contributed by atoms with Crippen LogP contribution in [0.2, 0.25) is 0 Å². The van der Waals surface area contributed by atoms with Crippen LogP contribution in [0.4, 0.5) is 0 Å². The predicted octanol–water partition coefficient (Wildman–Crippen LogP) is 2.47. The highest BCUT2D eigenvalue weighted by molar-refractivity contribution is 5.97. The lowest BCUT2D eigenvalue weighted by molar-refractivity contribution is -0.147. The number of allylic oxidation sites excluding steroid dienone is 3. The van der Waals surface area contributed by atoms with Crippen LogP contribution in [0, 0.1) is 0 Å². The molecule has 0 unspecified atom stereocenters. The van der Waals surface area contributed by atoms with Gasteiger partial charge in [-0.1, -0.05) is 11.6 Å². The van der Waals surface area contributed by atoms with Crippen molar-refractivity contribution in [3.63, 3.8) is 0 Å². The van der Waals surface area contributed by atoms with Crippen LogP contribution in [-0.4, -0.2) is 30.0 Å². The van der Waals surface area contributed by atoms with Crippen LogP contribution in [-0.2, 0) is 9.59 Å². The number of aliphatic imine (C=N–C) groups is 1. The maximum absolute atomic E-state index is 11.6. The fourth-order valence-electron chi connectivity index (χ4n) is 1.96. The van der Waals surface area contributed by atoms with E-state index < -0.39 is 0 Å². The van der Waals surface area contributed by atoms with Gasteiger partial charge in [0, 0.05) is 25.6 Å². The summed E-state index contributed by atoms with van der Waals surface area (Å²) in [6.45, 7) is 5.86. The zero-order chi connectivity index (χ0) is 13.4. The van der Waals surface area contributed by atoms with Gasteiger partial charge in [-0.15, -0.1) is 0 Å². The van der Waals surface area contributed by atoms with Crippen molar-refractivity contribution >= 4 is 18.5 Å². The molecule has 4 heteroatoms. The third-order valence-electron chi connectivity index (χ3n) is 3.00. The Morgan fingerprint density at radius 1 is 1.39 bits per heavy atom. The van der Waals surface area contributed by atoms with E-state index in [9.17, 15) is 9.59 Å². The monoisotopic (exact) mass is 248 g/mol. The van der Waals surface area contributed by atoms with E-state index in [4.69, 9.17) is 0 Å². The van der Waals surface area contributed by atoms with E-state index in [1.54, 1.807) is 6.20 Å². The standard InChI is InChI=1S/C14H20N2O2/c1-3-12(9-10-15-2)6-5-11-16-13(17)7-4-8-14(16)18/h3,9-10H,2,4-8,11H2,1H3/b10-9-,12-3-. The molecule has 0 atom stereocenters. The molecule has 0 aromatic heterocycles. The Bertz CT molecular complexity index is 367. The maximum atomic E-state index is 11.6. The molecule has 1 fully saturated rings. The molecular formula is C14H20N2O2. The van der Waals surface area contributed by atoms with Gasteiger partial charge in [-0.3, -0.25) is 19.5 Å². The molecule has 0 spiro atoms. The van der Waals surface area contributed by atoms with E-state index in [1.807, 2.05) is 19.1 Å². The molecule has 0 aromatic rings. The lowest BCUT2D eigenvalue weighted by atomic mass is 10.1. The Labute approximate surface area is 108 Å². The molecular weight excluding hydrogens is 228 g/mol. The van der Waals surface area contributed by atoms with Gasteiger partial charge in [0.2, 0.25) is 11.8 Å². The van der Waals surface area contributed by atoms with Gasteiger partial charge in [0.15, 0.2) is 0 Å². The number of amides is 2. The molecule has 4 nitrogen and oxygen atoms in total. The number of piperidine rings is 1. The number of carbonyl (C=O) groups is 2. The summed E-state index contributed by atoms with van der Waals surface area (Å²) in [5, 5.41) is 0. The number of nitrogens with zero attached hydrogens (tertiary/aromatic N) is 2. The van der Waals surface area contributed by atoms with Crippen molar-refractivity contribution in [1.82, 2.24) is 4.90 Å². The first-order chi connectivity index (χ1) is 8.69. The predicted molar refractivity (Wildman–Crippen MR) is 72.3 cm³/mol. The summed E-state index contributed by atoms with van der Waals surface area (Å²) < 4.78 is 0. The number of rotatable bonds is 6. The fraction of sp³-hybridized carbons (Fsp3) is 0.500. The lowest BCUT2D eigenvalue weighted by Crippen LogP contribution is -2.40. The first-order valence-corrected chi connectivity index (χ1v) is 6.29. The SMILES string of the molecule is C=N/C=C\C(=C/C)CCCN1C(=O)CCCC1=O. The molecule has 0 bridgehead atoms. The molecule has 0 radical (unpaired) electrons. The summed E-state index contributed by atoms with van der Waals surface area (Å²) >= 11 is 0. The van der Waals surface area contributed by atoms with Gasteiger partial charge >= 0.3 is 0 Å². The van der Waals surface area contributed by atoms with Crippen molar-refractivity contribution in [2.45, 2.75) is 39.0 Å². The van der Waals surface area contributed by atoms with Crippen molar-refractivity contribution in [3.05, 3.63) is 23.9 Å². The molecule has 18 heavy (non-hydrogen) atoms. The van der Waals surface area contributed by atoms with Gasteiger partial charge < -0.3 is 0 Å². The highest BCUT2D eigenvalue weighted by atomic mass is 16.2. The maximum Gasteiger partial charge on any atom is 0.229 e. The number of imide groups is 1. The minimum atomic E-state index is -0.0309. The Kier molecular flexibility index (Phi) is 6.05. The largest absolute Gasteiger partial charge is 0.283 e. The second kappa shape index (κ2) is 7.58. The van der Waals surface area contributed by atoms with E-state index in [-0.39, 0.29) is 11.8 Å². The second-order valence-corrected chi connectivity index (χ2v) is 4.26. The average Bonchev–Trinajstić information content (AvgIpc) is 2.36. The van der Waals surface area contributed by atoms with Crippen molar-refractivity contribution in [3.8, 4) is 0 Å². The van der Waals surface area contributed by atoms with Gasteiger partial charge in [0.25, 0.3) is 0 Å². The summed E-state index contributed by atoms with van der Waals surface area (Å²) in [6.07, 6.45) is 8.87. The molecule has 0 N–H and O–H groups in total. The zero-order valence-corrected chi connectivity index (χ0v) is 10.9. The Morgan fingerprint density at radius 3 is 2.61 bits per heavy atom. The normalized spacial score (nSPS) is 17.6. The van der Waals surface area contributed by atoms with Crippen LogP contribution in [0.5, 0.6) is 0 Å². The average molecular weight is 248 g/mol. The molecule has 0 saturated carbocycles. The molecule has 1 aliphatic rings. The van der Waals surface area contributed by atoms with Gasteiger partial charge in [0.1, 0.15) is 0 Å². The minimum Gasteiger partial charge on any atom is -0.283 e. The Hall–Kier alpha value is -1.71. The first-order valence-electron chi connectivity index (χ1n) is 6.29. The second-order valence-electron chi connectivity index (χ2n) is 4.26. The van der Waals surface area contributed by atoms with Crippen LogP contribution in [0.1, 0.15) is 39.0 Å². The molecule has 1 saturated heterocycles. The molecule has 0 aliphatic carbocycles. The Morgan fingerprint density at radius 2 is 2.06 bits per heavy atom. The van der Waals surface area contributed by atoms with Crippen LogP contribution < -0.4 is 0 Å². The number of likely N-dealkylation sites (tertiary alicyclic amines) is 1. The lowest BCUT2D eigenvalue weighted by Gasteiger charge is -2.24. The van der Waals surface area contributed by atoms with Crippen molar-refractivity contribution in [2.75, 3.05) is 6.54 Å². The van der Waals surface area contributed by atoms with Crippen molar-refractivity contribution < 1.29 is 9.59 Å². The molecule has 1 rings (SSSR count). The van der Waals surface area contributed by atoms with Crippen molar-refractivity contribution in [2.24, 2.45) is 4.99 Å². The summed E-state index contributed by atoms with van der Waals surface area (Å²) in [5.41, 5.74) is 1.14. The highest BCUT2D eigenvalue weighted by Gasteiger charge is 2.24. The molecule has 1 heterocycles. The smallest absolute Gasteiger partial charge is 0.229 e. The van der Waals surface area contributed by atoms with E-state index in [0.717, 1.165) is 18.4 Å². The van der Waals surface area contributed by atoms with E-state index in [1.165, 1.54) is 4.90 Å². The molecule has 0 aromatic carbocycles. The quantitative estimate of drug-likeness (QED) is 0.412. The number of hydrogen-bond donors (Lipinski definition) is 0. The van der Waals surface area contributed by atoms with Gasteiger partial charge in [0.05, 0.1) is 0 Å². The van der Waals surface area contributed by atoms with Crippen LogP contribution >= 0.6 is 0 Å². The summed E-state index contributed by atoms with van der Waals surface area (Å²) in [5.74, 6) is -0.0619. The molecule has 98 valence electrons. The van der Waals surface area contributed by atoms with Crippen molar-refractivity contribution in [1.29, 1.82) is 0 Å². The van der Waals surface area contributed by atoms with E-state index in [2.05, 4.69) is 11.7 Å². The first kappa shape index (κ1) is 14.4. The van der Waals surface area contributed by atoms with E-state index >= 15 is 0 Å². The summed E-state index contributed by atoms with van der Waals surface area (Å²) in [4.78, 5) is 28.2. The topological polar surface area (TPSA) is 49.7 Å². The fourth-order valence-corrected chi connectivity index (χ4v) is 1.96. The zero-order valence-electron chi connectivity index (χ0n) is 10.9. The van der Waals surface area contributed by atoms with E-state index in [0.29, 0.717) is 25.8 Å². The molecule has 2 amide bonds. The van der Waals surface area contributed by atoms with Gasteiger partial charge in [-0.25, -0.2) is 0 Å². The number of hydrogen-bond acceptors (Lipinski definition) is 3. The summed E-state index contributed by atoms with van der Waals surface area (Å²) in [6, 6.07) is 0. The third-order valence-corrected chi connectivity index (χ3v) is 3.00. The minimum absolute atomic E-state index is 0.0309. The number of carbonyl (C=O) groups excluding carboxylic acids is 2. The Balaban J connectivity index is 2.40. The molecule has 1 aliphatic heterocycles. The van der Waals surface area contributed by atoms with Gasteiger partial charge in [-0.05, 0) is 39.0 Å².